The summed E-state index contributed by atoms with van der Waals surface area (Å²) in [7, 11) is 0. The lowest BCUT2D eigenvalue weighted by Gasteiger charge is -2.36. The number of benzene rings is 2. The predicted molar refractivity (Wildman–Crippen MR) is 115 cm³/mol. The fraction of sp³-hybridized carbons (Fsp3) is 0.316. The molecule has 1 heterocycles. The SMILES string of the molecule is Cl.Cl.O=C(CCN1CCN(c2ccc(F)cc2)CC1)c1cc(O)c(O)c([N+](=O)[O-])c1. The number of phenolic OH excluding ortho intramolecular Hbond substituents is 2. The van der Waals surface area contributed by atoms with Crippen molar-refractivity contribution in [3.8, 4) is 11.5 Å². The first-order valence-corrected chi connectivity index (χ1v) is 8.81. The number of ketones is 1. The third kappa shape index (κ3) is 5.94. The molecule has 164 valence electrons. The lowest BCUT2D eigenvalue weighted by atomic mass is 10.1. The zero-order valence-electron chi connectivity index (χ0n) is 15.9. The molecule has 0 spiro atoms. The van der Waals surface area contributed by atoms with Crippen LogP contribution in [0.1, 0.15) is 16.8 Å². The van der Waals surface area contributed by atoms with Gasteiger partial charge >= 0.3 is 5.69 Å². The summed E-state index contributed by atoms with van der Waals surface area (Å²) in [5, 5.41) is 30.0. The number of phenols is 2. The number of aromatic hydroxyl groups is 2. The molecule has 2 N–H and O–H groups in total. The van der Waals surface area contributed by atoms with Crippen molar-refractivity contribution in [3.05, 3.63) is 57.9 Å². The minimum Gasteiger partial charge on any atom is -0.504 e. The van der Waals surface area contributed by atoms with Crippen molar-refractivity contribution < 1.29 is 24.3 Å². The van der Waals surface area contributed by atoms with Crippen molar-refractivity contribution in [2.24, 2.45) is 0 Å². The first-order chi connectivity index (χ1) is 13.3. The minimum atomic E-state index is -0.849. The number of nitro groups is 1. The van der Waals surface area contributed by atoms with Crippen LogP contribution in [-0.2, 0) is 0 Å². The fourth-order valence-electron chi connectivity index (χ4n) is 3.19. The Morgan fingerprint density at radius 3 is 2.23 bits per heavy atom. The van der Waals surface area contributed by atoms with Gasteiger partial charge in [-0.15, -0.1) is 24.8 Å². The van der Waals surface area contributed by atoms with Crippen LogP contribution in [0.15, 0.2) is 36.4 Å². The number of Topliss-reactive ketones (excluding diaryl/α,β-unsaturated/α-hetero) is 1. The van der Waals surface area contributed by atoms with E-state index in [1.165, 1.54) is 12.1 Å². The van der Waals surface area contributed by atoms with E-state index in [-0.39, 0.29) is 48.4 Å². The van der Waals surface area contributed by atoms with Crippen molar-refractivity contribution >= 4 is 42.0 Å². The van der Waals surface area contributed by atoms with Crippen LogP contribution < -0.4 is 4.90 Å². The second-order valence-electron chi connectivity index (χ2n) is 6.60. The lowest BCUT2D eigenvalue weighted by Crippen LogP contribution is -2.46. The van der Waals surface area contributed by atoms with Crippen LogP contribution in [-0.4, -0.2) is 58.5 Å². The molecule has 1 saturated heterocycles. The van der Waals surface area contributed by atoms with E-state index in [0.717, 1.165) is 44.0 Å². The second kappa shape index (κ2) is 11.0. The number of halogens is 3. The molecular weight excluding hydrogens is 440 g/mol. The van der Waals surface area contributed by atoms with E-state index in [9.17, 15) is 29.5 Å². The van der Waals surface area contributed by atoms with Crippen molar-refractivity contribution in [1.29, 1.82) is 0 Å². The fourth-order valence-corrected chi connectivity index (χ4v) is 3.19. The largest absolute Gasteiger partial charge is 0.504 e. The number of nitrogens with zero attached hydrogens (tertiary/aromatic N) is 3. The van der Waals surface area contributed by atoms with E-state index in [0.29, 0.717) is 6.54 Å². The van der Waals surface area contributed by atoms with Gasteiger partial charge in [-0.05, 0) is 30.3 Å². The van der Waals surface area contributed by atoms with Gasteiger partial charge in [0.1, 0.15) is 5.82 Å². The van der Waals surface area contributed by atoms with Crippen molar-refractivity contribution in [2.45, 2.75) is 6.42 Å². The number of anilines is 1. The van der Waals surface area contributed by atoms with Crippen LogP contribution in [0.4, 0.5) is 15.8 Å². The molecule has 1 aliphatic rings. The van der Waals surface area contributed by atoms with Gasteiger partial charge in [-0.2, -0.15) is 0 Å². The van der Waals surface area contributed by atoms with Crippen LogP contribution in [0.3, 0.4) is 0 Å². The second-order valence-corrected chi connectivity index (χ2v) is 6.60. The number of nitro benzene ring substituents is 1. The monoisotopic (exact) mass is 461 g/mol. The Labute approximate surface area is 184 Å². The van der Waals surface area contributed by atoms with E-state index in [1.807, 2.05) is 0 Å². The van der Waals surface area contributed by atoms with E-state index in [1.54, 1.807) is 12.1 Å². The number of rotatable bonds is 6. The molecule has 0 aliphatic carbocycles. The molecule has 3 rings (SSSR count). The van der Waals surface area contributed by atoms with Gasteiger partial charge in [-0.3, -0.25) is 19.8 Å². The van der Waals surface area contributed by atoms with Gasteiger partial charge in [0.15, 0.2) is 11.5 Å². The average Bonchev–Trinajstić information content (AvgIpc) is 2.69. The molecule has 8 nitrogen and oxygen atoms in total. The maximum absolute atomic E-state index is 13.0. The quantitative estimate of drug-likeness (QED) is 0.293. The molecular formula is C19H22Cl2FN3O5. The highest BCUT2D eigenvalue weighted by Gasteiger charge is 2.23. The number of carbonyl (C=O) groups excluding carboxylic acids is 1. The highest BCUT2D eigenvalue weighted by Crippen LogP contribution is 2.36. The predicted octanol–water partition coefficient (Wildman–Crippen LogP) is 3.38. The van der Waals surface area contributed by atoms with E-state index >= 15 is 0 Å². The maximum Gasteiger partial charge on any atom is 0.315 e. The number of piperazine rings is 1. The van der Waals surface area contributed by atoms with E-state index in [2.05, 4.69) is 9.80 Å². The summed E-state index contributed by atoms with van der Waals surface area (Å²) in [6, 6.07) is 8.33. The normalized spacial score (nSPS) is 13.8. The molecule has 0 saturated carbocycles. The van der Waals surface area contributed by atoms with Crippen molar-refractivity contribution in [3.63, 3.8) is 0 Å². The molecule has 0 bridgehead atoms. The Morgan fingerprint density at radius 1 is 1.07 bits per heavy atom. The molecule has 2 aromatic carbocycles. The molecule has 1 fully saturated rings. The lowest BCUT2D eigenvalue weighted by molar-refractivity contribution is -0.386. The average molecular weight is 462 g/mol. The first-order valence-electron chi connectivity index (χ1n) is 8.81. The van der Waals surface area contributed by atoms with Gasteiger partial charge in [0.2, 0.25) is 5.75 Å². The highest BCUT2D eigenvalue weighted by molar-refractivity contribution is 5.97. The summed E-state index contributed by atoms with van der Waals surface area (Å²) in [4.78, 5) is 26.7. The molecule has 0 amide bonds. The smallest absolute Gasteiger partial charge is 0.315 e. The molecule has 1 aliphatic heterocycles. The van der Waals surface area contributed by atoms with E-state index < -0.39 is 22.1 Å². The van der Waals surface area contributed by atoms with Crippen LogP contribution in [0, 0.1) is 15.9 Å². The van der Waals surface area contributed by atoms with Crippen LogP contribution in [0.2, 0.25) is 0 Å². The molecule has 0 aromatic heterocycles. The standard InChI is InChI=1S/C19H20FN3O5.2ClH/c20-14-1-3-15(4-2-14)22-9-7-21(8-10-22)6-5-17(24)13-11-16(23(27)28)19(26)18(25)12-13;;/h1-4,11-12,25-26H,5-10H2;2*1H. The number of carbonyl (C=O) groups is 1. The van der Waals surface area contributed by atoms with E-state index in [4.69, 9.17) is 0 Å². The summed E-state index contributed by atoms with van der Waals surface area (Å²) in [5.41, 5.74) is 0.243. The zero-order chi connectivity index (χ0) is 20.3. The zero-order valence-corrected chi connectivity index (χ0v) is 17.5. The Bertz CT molecular complexity index is 890. The molecule has 0 atom stereocenters. The Kier molecular flexibility index (Phi) is 9.28. The van der Waals surface area contributed by atoms with Gasteiger partial charge in [0.05, 0.1) is 4.92 Å². The Hall–Kier alpha value is -2.62. The summed E-state index contributed by atoms with van der Waals surface area (Å²) < 4.78 is 13.0. The van der Waals surface area contributed by atoms with Gasteiger partial charge in [0, 0.05) is 56.5 Å². The molecule has 0 unspecified atom stereocenters. The van der Waals surface area contributed by atoms with Gasteiger partial charge in [-0.1, -0.05) is 0 Å². The van der Waals surface area contributed by atoms with Crippen LogP contribution in [0.5, 0.6) is 11.5 Å². The summed E-state index contributed by atoms with van der Waals surface area (Å²) in [6.07, 6.45) is 0.137. The minimum absolute atomic E-state index is 0. The highest BCUT2D eigenvalue weighted by atomic mass is 35.5. The van der Waals surface area contributed by atoms with Crippen molar-refractivity contribution in [1.82, 2.24) is 4.90 Å². The topological polar surface area (TPSA) is 107 Å². The van der Waals surface area contributed by atoms with Crippen molar-refractivity contribution in [2.75, 3.05) is 37.6 Å². The van der Waals surface area contributed by atoms with Gasteiger partial charge in [0.25, 0.3) is 0 Å². The number of hydrogen-bond donors (Lipinski definition) is 2. The van der Waals surface area contributed by atoms with Gasteiger partial charge in [-0.25, -0.2) is 4.39 Å². The Morgan fingerprint density at radius 2 is 1.67 bits per heavy atom. The maximum atomic E-state index is 13.0. The summed E-state index contributed by atoms with van der Waals surface area (Å²) in [5.74, 6) is -2.16. The first kappa shape index (κ1) is 25.4. The Balaban J connectivity index is 0.00000225. The van der Waals surface area contributed by atoms with Gasteiger partial charge < -0.3 is 15.1 Å². The molecule has 30 heavy (non-hydrogen) atoms. The molecule has 11 heteroatoms. The summed E-state index contributed by atoms with van der Waals surface area (Å²) >= 11 is 0. The van der Waals surface area contributed by atoms with Crippen LogP contribution in [0.25, 0.3) is 0 Å². The molecule has 2 aromatic rings. The third-order valence-electron chi connectivity index (χ3n) is 4.81. The van der Waals surface area contributed by atoms with Crippen LogP contribution >= 0.6 is 24.8 Å². The summed E-state index contributed by atoms with van der Waals surface area (Å²) in [6.45, 7) is 3.42. The third-order valence-corrected chi connectivity index (χ3v) is 4.81. The molecule has 0 radical (unpaired) electrons. The number of hydrogen-bond acceptors (Lipinski definition) is 7.